The Morgan fingerprint density at radius 2 is 1.78 bits per heavy atom. The van der Waals surface area contributed by atoms with Gasteiger partial charge in [-0.3, -0.25) is 6.58 Å². The molecular formula is C6H9ORb2+. The molecule has 0 heterocycles. The van der Waals surface area contributed by atoms with Gasteiger partial charge in [0.1, 0.15) is 0 Å². The first-order valence-electron chi connectivity index (χ1n) is 2.30. The molecule has 0 amide bonds. The number of carbonyl (C=O) groups is 1. The van der Waals surface area contributed by atoms with Crippen LogP contribution in [-0.4, -0.2) is 5.78 Å². The molecule has 0 saturated carbocycles. The van der Waals surface area contributed by atoms with E-state index in [1.807, 2.05) is 0 Å². The number of hydrogen-bond donors (Lipinski definition) is 0. The smallest absolute Gasteiger partial charge is 0.407 e. The van der Waals surface area contributed by atoms with Gasteiger partial charge in [0.2, 0.25) is 0 Å². The summed E-state index contributed by atoms with van der Waals surface area (Å²) in [6, 6.07) is 0. The maximum Gasteiger partial charge on any atom is 1.00 e. The van der Waals surface area contributed by atoms with Gasteiger partial charge in [-0.15, -0.1) is 0 Å². The van der Waals surface area contributed by atoms with E-state index in [1.165, 1.54) is 0 Å². The molecule has 0 radical (unpaired) electrons. The van der Waals surface area contributed by atoms with Crippen LogP contribution in [0.4, 0.5) is 0 Å². The topological polar surface area (TPSA) is 17.1 Å². The zero-order valence-electron chi connectivity index (χ0n) is 6.69. The molecule has 1 nitrogen and oxygen atoms in total. The molecule has 0 aromatic rings. The molecule has 3 heteroatoms. The third-order valence-electron chi connectivity index (χ3n) is 0.761. The van der Waals surface area contributed by atoms with Crippen molar-refractivity contribution in [2.75, 3.05) is 0 Å². The molecule has 0 unspecified atom stereocenters. The average Bonchev–Trinajstić information content (AvgIpc) is 1.65. The van der Waals surface area contributed by atoms with E-state index in [4.69, 9.17) is 6.58 Å². The van der Waals surface area contributed by atoms with Crippen molar-refractivity contribution in [2.24, 2.45) is 0 Å². The monoisotopic (exact) mass is 267 g/mol. The molecule has 0 aromatic carbocycles. The second-order valence-corrected chi connectivity index (χ2v) is 1.46. The summed E-state index contributed by atoms with van der Waals surface area (Å²) in [5, 5.41) is 0. The second-order valence-electron chi connectivity index (χ2n) is 1.46. The third-order valence-corrected chi connectivity index (χ3v) is 0.761. The van der Waals surface area contributed by atoms with Crippen LogP contribution in [0.3, 0.4) is 0 Å². The predicted octanol–water partition coefficient (Wildman–Crippen LogP) is -4.65. The minimum absolute atomic E-state index is 0. The Hall–Kier alpha value is 3.02. The van der Waals surface area contributed by atoms with Crippen molar-refractivity contribution in [2.45, 2.75) is 20.3 Å². The largest absolute Gasteiger partial charge is 1.00 e. The van der Waals surface area contributed by atoms with Crippen molar-refractivity contribution in [3.8, 4) is 0 Å². The fraction of sp³-hybridized carbons (Fsp3) is 0.500. The van der Waals surface area contributed by atoms with E-state index < -0.39 is 0 Å². The molecule has 0 rings (SSSR count). The van der Waals surface area contributed by atoms with Gasteiger partial charge in [0.05, 0.1) is 0 Å². The van der Waals surface area contributed by atoms with Crippen LogP contribution in [0.2, 0.25) is 0 Å². The van der Waals surface area contributed by atoms with E-state index in [-0.39, 0.29) is 122 Å². The average molecular weight is 268 g/mol. The van der Waals surface area contributed by atoms with Gasteiger partial charge in [0.25, 0.3) is 0 Å². The second kappa shape index (κ2) is 11.0. The Morgan fingerprint density at radius 1 is 1.44 bits per heavy atom. The summed E-state index contributed by atoms with van der Waals surface area (Å²) in [5.41, 5.74) is 0.405. The normalized spacial score (nSPS) is 6.44. The maximum absolute atomic E-state index is 10.3. The molecular weight excluding hydrogens is 259 g/mol. The molecule has 0 fully saturated rings. The number of carbonyl (C=O) groups excluding carboxylic acids is 1. The molecule has 0 bridgehead atoms. The molecule has 0 aliphatic heterocycles. The minimum atomic E-state index is 0. The number of hydrogen-bond acceptors (Lipinski definition) is 1. The van der Waals surface area contributed by atoms with Gasteiger partial charge in [-0.1, -0.05) is 20.3 Å². The van der Waals surface area contributed by atoms with Crippen LogP contribution in [0, 0.1) is 6.58 Å². The third kappa shape index (κ3) is 11.0. The molecule has 0 aliphatic carbocycles. The first-order chi connectivity index (χ1) is 3.18. The van der Waals surface area contributed by atoms with Crippen LogP contribution in [0.5, 0.6) is 0 Å². The van der Waals surface area contributed by atoms with Crippen LogP contribution in [0.1, 0.15) is 20.3 Å². The zero-order chi connectivity index (χ0) is 5.86. The van der Waals surface area contributed by atoms with Gasteiger partial charge in [0, 0.05) is 5.78 Å². The Bertz CT molecular complexity index is 99.2. The summed E-state index contributed by atoms with van der Waals surface area (Å²) in [6.07, 6.45) is 0.516. The summed E-state index contributed by atoms with van der Waals surface area (Å²) in [4.78, 5) is 10.3. The Balaban J connectivity index is -0.000000180. The minimum Gasteiger partial charge on any atom is -0.407 e. The fourth-order valence-corrected chi connectivity index (χ4v) is 0.279. The summed E-state index contributed by atoms with van der Waals surface area (Å²) in [6.45, 7) is 8.52. The van der Waals surface area contributed by atoms with E-state index in [1.54, 1.807) is 13.8 Å². The quantitative estimate of drug-likeness (QED) is 0.364. The van der Waals surface area contributed by atoms with Crippen molar-refractivity contribution in [1.82, 2.24) is 0 Å². The van der Waals surface area contributed by atoms with Crippen molar-refractivity contribution in [3.05, 3.63) is 12.2 Å². The first-order valence-corrected chi connectivity index (χ1v) is 2.30. The zero-order valence-corrected chi connectivity index (χ0v) is 16.5. The van der Waals surface area contributed by atoms with E-state index in [0.717, 1.165) is 0 Å². The number of rotatable bonds is 2. The number of allylic oxidation sites excluding steroid dienone is 1. The van der Waals surface area contributed by atoms with Gasteiger partial charge < -0.3 is 4.79 Å². The van der Waals surface area contributed by atoms with E-state index >= 15 is 0 Å². The Kier molecular flexibility index (Phi) is 22.0. The molecule has 0 aliphatic rings. The molecule has 9 heavy (non-hydrogen) atoms. The number of Topliss-reactive ketones (excluding diaryl/α,β-unsaturated/α-hetero) is 1. The maximum atomic E-state index is 10.3. The molecule has 0 saturated heterocycles. The van der Waals surface area contributed by atoms with Crippen LogP contribution in [-0.2, 0) is 4.79 Å². The van der Waals surface area contributed by atoms with Gasteiger partial charge in [-0.05, 0) is 0 Å². The van der Waals surface area contributed by atoms with Crippen LogP contribution in [0.15, 0.2) is 5.57 Å². The number of ketones is 1. The fourth-order valence-electron chi connectivity index (χ4n) is 0.279. The van der Waals surface area contributed by atoms with E-state index in [0.29, 0.717) is 12.0 Å². The van der Waals surface area contributed by atoms with Gasteiger partial charge >= 0.3 is 116 Å². The SMILES string of the molecule is [CH-]=C(C)C(=O)CC.[Rb+].[Rb+]. The summed E-state index contributed by atoms with van der Waals surface area (Å²) >= 11 is 0. The van der Waals surface area contributed by atoms with Crippen molar-refractivity contribution in [3.63, 3.8) is 0 Å². The van der Waals surface area contributed by atoms with Gasteiger partial charge in [0.15, 0.2) is 0 Å². The van der Waals surface area contributed by atoms with Crippen LogP contribution < -0.4 is 116 Å². The molecule has 0 atom stereocenters. The predicted molar refractivity (Wildman–Crippen MR) is 28.8 cm³/mol. The molecule has 0 spiro atoms. The van der Waals surface area contributed by atoms with Gasteiger partial charge in [-0.25, -0.2) is 0 Å². The molecule has 40 valence electrons. The van der Waals surface area contributed by atoms with E-state index in [9.17, 15) is 4.79 Å². The molecule has 0 aromatic heterocycles. The Labute approximate surface area is 155 Å². The summed E-state index contributed by atoms with van der Waals surface area (Å²) in [5.74, 6) is 0.0417. The van der Waals surface area contributed by atoms with Crippen LogP contribution in [0.25, 0.3) is 0 Å². The standard InChI is InChI=1S/C6H9O.2Rb/c1-4-6(7)5(2)3;;/h2H,4H2,1,3H3;;/q-1;2*+1. The first kappa shape index (κ1) is 17.9. The van der Waals surface area contributed by atoms with Crippen LogP contribution >= 0.6 is 0 Å². The summed E-state index contributed by atoms with van der Waals surface area (Å²) in [7, 11) is 0. The van der Waals surface area contributed by atoms with E-state index in [2.05, 4.69) is 0 Å². The van der Waals surface area contributed by atoms with Crippen molar-refractivity contribution >= 4 is 5.78 Å². The summed E-state index contributed by atoms with van der Waals surface area (Å²) < 4.78 is 0. The van der Waals surface area contributed by atoms with Crippen molar-refractivity contribution in [1.29, 1.82) is 0 Å². The molecule has 0 N–H and O–H groups in total. The Morgan fingerprint density at radius 3 is 1.78 bits per heavy atom. The van der Waals surface area contributed by atoms with Gasteiger partial charge in [-0.2, -0.15) is 5.57 Å². The van der Waals surface area contributed by atoms with Crippen molar-refractivity contribution < 1.29 is 121 Å².